The SMILES string of the molecule is OCc1ccc([C@H](O)[C@H](c2ccccc2)[C@H](O)CSc2ncn[nH]2)cc1. The molecule has 3 atom stereocenters. The second kappa shape index (κ2) is 8.95. The van der Waals surface area contributed by atoms with Crippen molar-refractivity contribution in [1.29, 1.82) is 0 Å². The van der Waals surface area contributed by atoms with Gasteiger partial charge in [-0.2, -0.15) is 5.10 Å². The van der Waals surface area contributed by atoms with Crippen molar-refractivity contribution in [3.63, 3.8) is 0 Å². The molecule has 2 aromatic carbocycles. The van der Waals surface area contributed by atoms with Gasteiger partial charge in [-0.05, 0) is 16.7 Å². The van der Waals surface area contributed by atoms with Gasteiger partial charge in [-0.1, -0.05) is 66.4 Å². The number of nitrogens with zero attached hydrogens (tertiary/aromatic N) is 2. The quantitative estimate of drug-likeness (QED) is 0.453. The lowest BCUT2D eigenvalue weighted by Gasteiger charge is -2.28. The van der Waals surface area contributed by atoms with Crippen molar-refractivity contribution in [2.45, 2.75) is 29.9 Å². The number of benzene rings is 2. The molecule has 0 amide bonds. The van der Waals surface area contributed by atoms with Crippen LogP contribution in [-0.4, -0.2) is 42.4 Å². The van der Waals surface area contributed by atoms with E-state index in [1.54, 1.807) is 24.3 Å². The topological polar surface area (TPSA) is 102 Å². The highest BCUT2D eigenvalue weighted by molar-refractivity contribution is 7.99. The van der Waals surface area contributed by atoms with Crippen LogP contribution < -0.4 is 0 Å². The Labute approximate surface area is 155 Å². The predicted molar refractivity (Wildman–Crippen MR) is 99.6 cm³/mol. The molecule has 7 heteroatoms. The predicted octanol–water partition coefficient (Wildman–Crippen LogP) is 2.27. The molecule has 0 spiro atoms. The first-order valence-corrected chi connectivity index (χ1v) is 9.26. The van der Waals surface area contributed by atoms with Crippen molar-refractivity contribution in [3.05, 3.63) is 77.6 Å². The van der Waals surface area contributed by atoms with Crippen LogP contribution in [0.4, 0.5) is 0 Å². The number of hydrogen-bond donors (Lipinski definition) is 4. The van der Waals surface area contributed by atoms with E-state index < -0.39 is 18.1 Å². The maximum atomic E-state index is 11.0. The third-order valence-electron chi connectivity index (χ3n) is 4.23. The Kier molecular flexibility index (Phi) is 6.40. The Hall–Kier alpha value is -2.19. The zero-order valence-corrected chi connectivity index (χ0v) is 14.9. The van der Waals surface area contributed by atoms with Crippen LogP contribution >= 0.6 is 11.8 Å². The normalized spacial score (nSPS) is 14.7. The van der Waals surface area contributed by atoms with Gasteiger partial charge in [0.15, 0.2) is 5.16 Å². The number of thioether (sulfide) groups is 1. The molecule has 3 aromatic rings. The van der Waals surface area contributed by atoms with Crippen LogP contribution in [0.3, 0.4) is 0 Å². The number of rotatable bonds is 8. The Morgan fingerprint density at radius 3 is 2.31 bits per heavy atom. The molecular weight excluding hydrogens is 350 g/mol. The van der Waals surface area contributed by atoms with Gasteiger partial charge < -0.3 is 15.3 Å². The van der Waals surface area contributed by atoms with E-state index in [4.69, 9.17) is 0 Å². The van der Waals surface area contributed by atoms with Crippen LogP contribution in [0.1, 0.15) is 28.7 Å². The second-order valence-corrected chi connectivity index (χ2v) is 6.96. The summed E-state index contributed by atoms with van der Waals surface area (Å²) in [4.78, 5) is 4.04. The molecule has 3 rings (SSSR count). The summed E-state index contributed by atoms with van der Waals surface area (Å²) in [6.07, 6.45) is -0.253. The highest BCUT2D eigenvalue weighted by Gasteiger charge is 2.30. The fourth-order valence-corrected chi connectivity index (χ4v) is 3.62. The summed E-state index contributed by atoms with van der Waals surface area (Å²) in [6, 6.07) is 16.6. The maximum Gasteiger partial charge on any atom is 0.183 e. The molecule has 0 fully saturated rings. The summed E-state index contributed by atoms with van der Waals surface area (Å²) in [6.45, 7) is -0.0467. The van der Waals surface area contributed by atoms with Crippen molar-refractivity contribution in [1.82, 2.24) is 15.2 Å². The first-order valence-electron chi connectivity index (χ1n) is 8.28. The maximum absolute atomic E-state index is 11.0. The molecule has 6 nitrogen and oxygen atoms in total. The van der Waals surface area contributed by atoms with E-state index in [1.165, 1.54) is 18.1 Å². The van der Waals surface area contributed by atoms with Gasteiger partial charge in [0.1, 0.15) is 6.33 Å². The summed E-state index contributed by atoms with van der Waals surface area (Å²) >= 11 is 1.35. The van der Waals surface area contributed by atoms with E-state index in [0.29, 0.717) is 16.5 Å². The van der Waals surface area contributed by atoms with Crippen LogP contribution in [0.5, 0.6) is 0 Å². The van der Waals surface area contributed by atoms with Crippen LogP contribution in [-0.2, 0) is 6.61 Å². The van der Waals surface area contributed by atoms with Gasteiger partial charge in [0, 0.05) is 11.7 Å². The van der Waals surface area contributed by atoms with Gasteiger partial charge in [-0.3, -0.25) is 5.10 Å². The lowest BCUT2D eigenvalue weighted by molar-refractivity contribution is 0.0642. The summed E-state index contributed by atoms with van der Waals surface area (Å²) in [5.74, 6) is -0.132. The first-order chi connectivity index (χ1) is 12.7. The Morgan fingerprint density at radius 1 is 0.962 bits per heavy atom. The molecule has 1 aromatic heterocycles. The summed E-state index contributed by atoms with van der Waals surface area (Å²) < 4.78 is 0. The van der Waals surface area contributed by atoms with Crippen LogP contribution in [0, 0.1) is 0 Å². The van der Waals surface area contributed by atoms with E-state index in [9.17, 15) is 15.3 Å². The van der Waals surface area contributed by atoms with Crippen molar-refractivity contribution in [3.8, 4) is 0 Å². The van der Waals surface area contributed by atoms with Crippen molar-refractivity contribution in [2.75, 3.05) is 5.75 Å². The fraction of sp³-hybridized carbons (Fsp3) is 0.263. The average molecular weight is 371 g/mol. The van der Waals surface area contributed by atoms with E-state index >= 15 is 0 Å². The average Bonchev–Trinajstić information content (AvgIpc) is 3.21. The van der Waals surface area contributed by atoms with Crippen molar-refractivity contribution < 1.29 is 15.3 Å². The van der Waals surface area contributed by atoms with Gasteiger partial charge in [-0.25, -0.2) is 4.98 Å². The molecule has 0 aliphatic carbocycles. The van der Waals surface area contributed by atoms with E-state index in [2.05, 4.69) is 15.2 Å². The third kappa shape index (κ3) is 4.50. The standard InChI is InChI=1S/C19H21N3O3S/c23-10-13-6-8-15(9-7-13)18(25)17(14-4-2-1-3-5-14)16(24)11-26-19-20-12-21-22-19/h1-9,12,16-18,23-25H,10-11H2,(H,20,21,22)/t16-,17-,18+/m1/s1. The highest BCUT2D eigenvalue weighted by Crippen LogP contribution is 2.35. The van der Waals surface area contributed by atoms with Gasteiger partial charge in [0.05, 0.1) is 18.8 Å². The Morgan fingerprint density at radius 2 is 1.69 bits per heavy atom. The molecule has 0 aliphatic rings. The lowest BCUT2D eigenvalue weighted by Crippen LogP contribution is -2.27. The second-order valence-electron chi connectivity index (χ2n) is 5.95. The molecular formula is C19H21N3O3S. The molecule has 0 radical (unpaired) electrons. The molecule has 0 bridgehead atoms. The number of nitrogens with one attached hydrogen (secondary N) is 1. The Bertz CT molecular complexity index is 782. The minimum Gasteiger partial charge on any atom is -0.392 e. The molecule has 26 heavy (non-hydrogen) atoms. The fourth-order valence-electron chi connectivity index (χ4n) is 2.85. The number of aliphatic hydroxyl groups excluding tert-OH is 3. The van der Waals surface area contributed by atoms with Gasteiger partial charge in [0.25, 0.3) is 0 Å². The smallest absolute Gasteiger partial charge is 0.183 e. The number of aromatic amines is 1. The zero-order chi connectivity index (χ0) is 18.4. The van der Waals surface area contributed by atoms with Crippen LogP contribution in [0.25, 0.3) is 0 Å². The Balaban J connectivity index is 1.82. The van der Waals surface area contributed by atoms with Crippen molar-refractivity contribution in [2.24, 2.45) is 0 Å². The molecule has 4 N–H and O–H groups in total. The third-order valence-corrected chi connectivity index (χ3v) is 5.21. The number of hydrogen-bond acceptors (Lipinski definition) is 6. The number of H-pyrrole nitrogens is 1. The van der Waals surface area contributed by atoms with Crippen LogP contribution in [0.15, 0.2) is 66.1 Å². The molecule has 1 heterocycles. The summed E-state index contributed by atoms with van der Waals surface area (Å²) in [5.41, 5.74) is 2.33. The van der Waals surface area contributed by atoms with Crippen molar-refractivity contribution >= 4 is 11.8 Å². The van der Waals surface area contributed by atoms with Gasteiger partial charge >= 0.3 is 0 Å². The highest BCUT2D eigenvalue weighted by atomic mass is 32.2. The monoisotopic (exact) mass is 371 g/mol. The van der Waals surface area contributed by atoms with E-state index in [1.807, 2.05) is 30.3 Å². The summed E-state index contributed by atoms with van der Waals surface area (Å²) in [7, 11) is 0. The first kappa shape index (κ1) is 18.6. The number of aromatic nitrogens is 3. The minimum atomic E-state index is -0.879. The number of aliphatic hydroxyl groups is 3. The molecule has 136 valence electrons. The molecule has 0 saturated heterocycles. The van der Waals surface area contributed by atoms with E-state index in [-0.39, 0.29) is 6.61 Å². The minimum absolute atomic E-state index is 0.0467. The summed E-state index contributed by atoms with van der Waals surface area (Å²) in [5, 5.41) is 38.1. The molecule has 0 saturated carbocycles. The molecule has 0 unspecified atom stereocenters. The van der Waals surface area contributed by atoms with Gasteiger partial charge in [0.2, 0.25) is 0 Å². The van der Waals surface area contributed by atoms with E-state index in [0.717, 1.165) is 11.1 Å². The zero-order valence-electron chi connectivity index (χ0n) is 14.1. The lowest BCUT2D eigenvalue weighted by atomic mass is 9.85. The van der Waals surface area contributed by atoms with Gasteiger partial charge in [-0.15, -0.1) is 0 Å². The van der Waals surface area contributed by atoms with Crippen LogP contribution in [0.2, 0.25) is 0 Å². The largest absolute Gasteiger partial charge is 0.392 e. The molecule has 0 aliphatic heterocycles.